The molecule has 0 unspecified atom stereocenters. The lowest BCUT2D eigenvalue weighted by Crippen LogP contribution is -2.50. The van der Waals surface area contributed by atoms with Crippen LogP contribution in [0, 0.1) is 0 Å². The van der Waals surface area contributed by atoms with E-state index >= 15 is 0 Å². The smallest absolute Gasteiger partial charge is 0.164 e. The highest BCUT2D eigenvalue weighted by Gasteiger charge is 2.42. The molecule has 2 aliphatic heterocycles. The first-order valence-corrected chi connectivity index (χ1v) is 24.8. The molecule has 5 heteroatoms. The second-order valence-corrected chi connectivity index (χ2v) is 24.2. The van der Waals surface area contributed by atoms with Crippen molar-refractivity contribution in [2.24, 2.45) is 0 Å². The molecule has 3 nitrogen and oxygen atoms in total. The second kappa shape index (κ2) is 12.3. The van der Waals surface area contributed by atoms with Crippen molar-refractivity contribution in [3.8, 4) is 78.7 Å². The molecule has 0 spiro atoms. The van der Waals surface area contributed by atoms with E-state index in [0.717, 1.165) is 28.3 Å². The summed E-state index contributed by atoms with van der Waals surface area (Å²) in [5.41, 5.74) is 13.5. The Morgan fingerprint density at radius 2 is 0.667 bits per heavy atom. The van der Waals surface area contributed by atoms with Gasteiger partial charge in [0, 0.05) is 16.7 Å². The third kappa shape index (κ3) is 5.03. The van der Waals surface area contributed by atoms with Gasteiger partial charge in [0.15, 0.2) is 17.5 Å². The molecule has 3 heterocycles. The Labute approximate surface area is 319 Å². The van der Waals surface area contributed by atoms with Crippen molar-refractivity contribution in [2.45, 2.75) is 26.2 Å². The first kappa shape index (κ1) is 32.6. The molecule has 0 aliphatic carbocycles. The van der Waals surface area contributed by atoms with E-state index in [-0.39, 0.29) is 0 Å². The fourth-order valence-electron chi connectivity index (χ4n) is 9.09. The number of nitrogens with zero attached hydrogens (tertiary/aromatic N) is 3. The second-order valence-electron chi connectivity index (χ2n) is 15.6. The molecule has 0 atom stereocenters. The molecule has 0 saturated heterocycles. The van der Waals surface area contributed by atoms with Crippen molar-refractivity contribution in [2.75, 3.05) is 0 Å². The zero-order valence-corrected chi connectivity index (χ0v) is 32.9. The maximum atomic E-state index is 5.46. The summed E-state index contributed by atoms with van der Waals surface area (Å²) in [7, 11) is -4.35. The van der Waals surface area contributed by atoms with Crippen LogP contribution in [0.5, 0.6) is 0 Å². The van der Waals surface area contributed by atoms with Gasteiger partial charge in [-0.25, -0.2) is 15.0 Å². The van der Waals surface area contributed by atoms with E-state index in [1.165, 1.54) is 65.3 Å². The van der Waals surface area contributed by atoms with E-state index in [1.54, 1.807) is 0 Å². The normalized spacial score (nSPS) is 14.2. The van der Waals surface area contributed by atoms with Gasteiger partial charge in [-0.05, 0) is 65.3 Å². The number of hydrogen-bond donors (Lipinski definition) is 0. The minimum atomic E-state index is -2.18. The van der Waals surface area contributed by atoms with Gasteiger partial charge in [-0.15, -0.1) is 0 Å². The van der Waals surface area contributed by atoms with Crippen molar-refractivity contribution in [1.29, 1.82) is 0 Å². The highest BCUT2D eigenvalue weighted by atomic mass is 28.3. The zero-order valence-electron chi connectivity index (χ0n) is 30.9. The number of hydrogen-bond acceptors (Lipinski definition) is 3. The molecule has 8 aromatic rings. The summed E-state index contributed by atoms with van der Waals surface area (Å²) in [6.07, 6.45) is 0. The minimum Gasteiger partial charge on any atom is -0.208 e. The van der Waals surface area contributed by atoms with E-state index < -0.39 is 16.1 Å². The van der Waals surface area contributed by atoms with Gasteiger partial charge in [-0.3, -0.25) is 0 Å². The largest absolute Gasteiger partial charge is 0.208 e. The van der Waals surface area contributed by atoms with Crippen molar-refractivity contribution in [3.63, 3.8) is 0 Å². The fourth-order valence-corrected chi connectivity index (χ4v) is 16.0. The maximum Gasteiger partial charge on any atom is 0.164 e. The van der Waals surface area contributed by atoms with Crippen LogP contribution in [0.25, 0.3) is 78.7 Å². The molecule has 0 radical (unpaired) electrons. The van der Waals surface area contributed by atoms with Gasteiger partial charge in [-0.2, -0.15) is 0 Å². The molecular formula is C49H39N3Si2. The van der Waals surface area contributed by atoms with E-state index in [0.29, 0.717) is 5.82 Å². The van der Waals surface area contributed by atoms with Crippen molar-refractivity contribution in [1.82, 2.24) is 15.0 Å². The summed E-state index contributed by atoms with van der Waals surface area (Å²) in [4.78, 5) is 16.1. The van der Waals surface area contributed by atoms with Crippen LogP contribution >= 0.6 is 0 Å². The number of rotatable bonds is 5. The van der Waals surface area contributed by atoms with Crippen LogP contribution in [0.4, 0.5) is 0 Å². The average molecular weight is 726 g/mol. The molecule has 258 valence electrons. The monoisotopic (exact) mass is 725 g/mol. The minimum absolute atomic E-state index is 0.702. The fraction of sp³-hybridized carbons (Fsp3) is 0.0816. The Bertz CT molecular complexity index is 2590. The first-order valence-electron chi connectivity index (χ1n) is 18.8. The predicted octanol–water partition coefficient (Wildman–Crippen LogP) is 9.81. The maximum absolute atomic E-state index is 5.46. The van der Waals surface area contributed by atoms with Crippen molar-refractivity contribution >= 4 is 36.9 Å². The lowest BCUT2D eigenvalue weighted by Gasteiger charge is -2.23. The van der Waals surface area contributed by atoms with Crippen LogP contribution < -0.4 is 20.7 Å². The number of fused-ring (bicyclic) bond motifs is 6. The highest BCUT2D eigenvalue weighted by Crippen LogP contribution is 2.37. The van der Waals surface area contributed by atoms with Gasteiger partial charge >= 0.3 is 0 Å². The molecule has 0 saturated carbocycles. The molecule has 1 aromatic heterocycles. The quantitative estimate of drug-likeness (QED) is 0.166. The van der Waals surface area contributed by atoms with Gasteiger partial charge in [-0.1, -0.05) is 190 Å². The van der Waals surface area contributed by atoms with Crippen LogP contribution in [-0.2, 0) is 0 Å². The van der Waals surface area contributed by atoms with E-state index in [2.05, 4.69) is 184 Å². The molecule has 0 N–H and O–H groups in total. The van der Waals surface area contributed by atoms with Crippen molar-refractivity contribution < 1.29 is 0 Å². The third-order valence-electron chi connectivity index (χ3n) is 11.7. The van der Waals surface area contributed by atoms with Gasteiger partial charge in [0.2, 0.25) is 0 Å². The first-order chi connectivity index (χ1) is 26.3. The SMILES string of the molecule is C[Si]1(C)c2cc(-c3ccccc3)ccc2-c2cccc(-c3nc(-c4ccccc4)nc(-c4cccc5c4[Si](C)(C)c4cc(-c6ccccc6)ccc4-5)n3)c21. The van der Waals surface area contributed by atoms with Gasteiger partial charge in [0.05, 0.1) is 0 Å². The summed E-state index contributed by atoms with van der Waals surface area (Å²) in [6.45, 7) is 9.93. The Morgan fingerprint density at radius 1 is 0.296 bits per heavy atom. The Morgan fingerprint density at radius 3 is 1.09 bits per heavy atom. The van der Waals surface area contributed by atoms with E-state index in [1.807, 2.05) is 6.07 Å². The van der Waals surface area contributed by atoms with Gasteiger partial charge < -0.3 is 0 Å². The summed E-state index contributed by atoms with van der Waals surface area (Å²) < 4.78 is 0. The Hall–Kier alpha value is -6.02. The standard InChI is InChI=1S/C49H39N3Si2/c1-53(2)43-30-35(32-16-8-5-9-17-32)26-28-37(43)39-22-14-24-41(45(39)53)48-50-47(34-20-12-7-13-21-34)51-49(52-48)42-25-15-23-40-38-29-27-36(33-18-10-6-11-19-33)31-44(38)54(3,4)46(40)42/h5-31H,1-4H3. The van der Waals surface area contributed by atoms with Crippen LogP contribution in [0.3, 0.4) is 0 Å². The van der Waals surface area contributed by atoms with Gasteiger partial charge in [0.1, 0.15) is 16.1 Å². The average Bonchev–Trinajstić information content (AvgIpc) is 3.60. The Kier molecular flexibility index (Phi) is 7.41. The molecule has 0 amide bonds. The number of aromatic nitrogens is 3. The molecule has 10 rings (SSSR count). The zero-order chi connectivity index (χ0) is 36.6. The van der Waals surface area contributed by atoms with E-state index in [9.17, 15) is 0 Å². The molecule has 0 bridgehead atoms. The van der Waals surface area contributed by atoms with Crippen LogP contribution in [0.1, 0.15) is 0 Å². The summed E-state index contributed by atoms with van der Waals surface area (Å²) in [5.74, 6) is 2.19. The molecule has 2 aliphatic rings. The molecule has 7 aromatic carbocycles. The molecule has 0 fully saturated rings. The van der Waals surface area contributed by atoms with Crippen LogP contribution in [0.15, 0.2) is 164 Å². The van der Waals surface area contributed by atoms with Gasteiger partial charge in [0.25, 0.3) is 0 Å². The topological polar surface area (TPSA) is 38.7 Å². The van der Waals surface area contributed by atoms with Crippen LogP contribution in [0.2, 0.25) is 26.2 Å². The van der Waals surface area contributed by atoms with Crippen molar-refractivity contribution in [3.05, 3.63) is 164 Å². The third-order valence-corrected chi connectivity index (χ3v) is 18.8. The lowest BCUT2D eigenvalue weighted by molar-refractivity contribution is 1.08. The highest BCUT2D eigenvalue weighted by molar-refractivity contribution is 7.05. The summed E-state index contributed by atoms with van der Waals surface area (Å²) in [6, 6.07) is 59.3. The van der Waals surface area contributed by atoms with Crippen LogP contribution in [-0.4, -0.2) is 31.1 Å². The predicted molar refractivity (Wildman–Crippen MR) is 231 cm³/mol. The summed E-state index contributed by atoms with van der Waals surface area (Å²) in [5, 5.41) is 5.72. The lowest BCUT2D eigenvalue weighted by atomic mass is 9.98. The summed E-state index contributed by atoms with van der Waals surface area (Å²) >= 11 is 0. The molecule has 54 heavy (non-hydrogen) atoms. The van der Waals surface area contributed by atoms with E-state index in [4.69, 9.17) is 15.0 Å². The molecular weight excluding hydrogens is 687 g/mol. The Balaban J connectivity index is 1.15. The number of benzene rings is 7.